The Morgan fingerprint density at radius 1 is 1.29 bits per heavy atom. The molecule has 5 atom stereocenters. The molecule has 2 aromatic heterocycles. The molecule has 13 heteroatoms. The summed E-state index contributed by atoms with van der Waals surface area (Å²) in [4.78, 5) is 23.3. The number of hydrogen-bond donors (Lipinski definition) is 3. The fraction of sp³-hybridized carbons (Fsp3) is 0.476. The van der Waals surface area contributed by atoms with Gasteiger partial charge in [0, 0.05) is 12.3 Å². The second-order valence-corrected chi connectivity index (χ2v) is 10.5. The van der Waals surface area contributed by atoms with E-state index in [1.54, 1.807) is 4.57 Å². The summed E-state index contributed by atoms with van der Waals surface area (Å²) in [6, 6.07) is 9.95. The van der Waals surface area contributed by atoms with E-state index in [9.17, 15) is 14.6 Å². The Morgan fingerprint density at radius 2 is 2.12 bits per heavy atom. The van der Waals surface area contributed by atoms with E-state index in [4.69, 9.17) is 18.8 Å². The lowest BCUT2D eigenvalue weighted by Crippen LogP contribution is -2.39. The Bertz CT molecular complexity index is 1200. The van der Waals surface area contributed by atoms with Crippen molar-refractivity contribution >= 4 is 36.6 Å². The van der Waals surface area contributed by atoms with Gasteiger partial charge in [0.2, 0.25) is 0 Å². The predicted octanol–water partition coefficient (Wildman–Crippen LogP) is 3.10. The third kappa shape index (κ3) is 4.72. The summed E-state index contributed by atoms with van der Waals surface area (Å²) in [5.74, 6) is 1.24. The number of ether oxygens (including phenoxy) is 1. The number of hydrogen-bond acceptors (Lipinski definition) is 10. The highest BCUT2D eigenvalue weighted by Crippen LogP contribution is 2.53. The van der Waals surface area contributed by atoms with Gasteiger partial charge in [-0.3, -0.25) is 13.6 Å². The van der Waals surface area contributed by atoms with Gasteiger partial charge in [0.15, 0.2) is 28.4 Å². The third-order valence-corrected chi connectivity index (χ3v) is 7.71. The van der Waals surface area contributed by atoms with Crippen LogP contribution in [0.2, 0.25) is 0 Å². The molecule has 2 fully saturated rings. The molecule has 2 aliphatic heterocycles. The lowest BCUT2D eigenvalue weighted by atomic mass is 10.1. The van der Waals surface area contributed by atoms with Gasteiger partial charge in [-0.15, -0.1) is 0 Å². The second-order valence-electron chi connectivity index (χ2n) is 8.10. The number of benzene rings is 1. The van der Waals surface area contributed by atoms with Gasteiger partial charge < -0.3 is 20.1 Å². The van der Waals surface area contributed by atoms with E-state index in [1.807, 2.05) is 30.3 Å². The fourth-order valence-electron chi connectivity index (χ4n) is 4.00. The summed E-state index contributed by atoms with van der Waals surface area (Å²) < 4.78 is 29.7. The van der Waals surface area contributed by atoms with E-state index in [1.165, 1.54) is 18.1 Å². The zero-order valence-electron chi connectivity index (χ0n) is 18.5. The first-order valence-electron chi connectivity index (χ1n) is 11.1. The number of phosphoric acid groups is 1. The molecule has 4 heterocycles. The minimum Gasteiger partial charge on any atom is -0.386 e. The quantitative estimate of drug-likeness (QED) is 0.235. The van der Waals surface area contributed by atoms with E-state index >= 15 is 0 Å². The maximum Gasteiger partial charge on any atom is 0.472 e. The Labute approximate surface area is 200 Å². The van der Waals surface area contributed by atoms with Crippen molar-refractivity contribution in [2.24, 2.45) is 0 Å². The molecule has 0 amide bonds. The van der Waals surface area contributed by atoms with Crippen LogP contribution < -0.4 is 5.32 Å². The molecule has 0 saturated carbocycles. The number of nitrogens with zero attached hydrogens (tertiary/aromatic N) is 4. The molecular formula is C21H26N5O6PS. The number of thioether (sulfide) groups is 1. The minimum atomic E-state index is -4.24. The molecule has 1 aromatic carbocycles. The number of unbranched alkanes of at least 4 members (excludes halogenated alkanes) is 1. The molecule has 0 bridgehead atoms. The topological polar surface area (TPSA) is 141 Å². The summed E-state index contributed by atoms with van der Waals surface area (Å²) in [6.45, 7) is 2.69. The number of fused-ring (bicyclic) bond motifs is 2. The van der Waals surface area contributed by atoms with E-state index in [-0.39, 0.29) is 6.61 Å². The Morgan fingerprint density at radius 3 is 2.91 bits per heavy atom. The SMILES string of the molecule is CCCCNc1ncnc2c1nc(SCc1ccccc1)n2C1OC2COP(=O)(O)OC2C1O. The van der Waals surface area contributed by atoms with Crippen LogP contribution in [0.15, 0.2) is 41.8 Å². The van der Waals surface area contributed by atoms with Crippen LogP contribution in [0.3, 0.4) is 0 Å². The fourth-order valence-corrected chi connectivity index (χ4v) is 5.94. The van der Waals surface area contributed by atoms with E-state index in [0.717, 1.165) is 24.9 Å². The zero-order valence-corrected chi connectivity index (χ0v) is 20.2. The van der Waals surface area contributed by atoms with Crippen LogP contribution in [-0.2, 0) is 24.1 Å². The highest BCUT2D eigenvalue weighted by molar-refractivity contribution is 7.98. The summed E-state index contributed by atoms with van der Waals surface area (Å²) in [5.41, 5.74) is 2.16. The molecule has 34 heavy (non-hydrogen) atoms. The largest absolute Gasteiger partial charge is 0.472 e. The number of aliphatic hydroxyl groups is 1. The van der Waals surface area contributed by atoms with Crippen LogP contribution in [0.1, 0.15) is 31.6 Å². The van der Waals surface area contributed by atoms with Gasteiger partial charge >= 0.3 is 7.82 Å². The number of aromatic nitrogens is 4. The van der Waals surface area contributed by atoms with Crippen molar-refractivity contribution in [3.05, 3.63) is 42.2 Å². The van der Waals surface area contributed by atoms with E-state index in [0.29, 0.717) is 27.9 Å². The average molecular weight is 508 g/mol. The number of rotatable bonds is 8. The molecule has 5 unspecified atom stereocenters. The number of phosphoric ester groups is 1. The van der Waals surface area contributed by atoms with Crippen LogP contribution >= 0.6 is 19.6 Å². The van der Waals surface area contributed by atoms with Crippen molar-refractivity contribution in [2.75, 3.05) is 18.5 Å². The summed E-state index contributed by atoms with van der Waals surface area (Å²) in [5, 5.41) is 14.9. The van der Waals surface area contributed by atoms with E-state index < -0.39 is 32.4 Å². The molecule has 2 saturated heterocycles. The van der Waals surface area contributed by atoms with Gasteiger partial charge in [0.05, 0.1) is 6.61 Å². The maximum atomic E-state index is 11.9. The van der Waals surface area contributed by atoms with Gasteiger partial charge in [-0.05, 0) is 12.0 Å². The van der Waals surface area contributed by atoms with Gasteiger partial charge in [0.25, 0.3) is 0 Å². The normalized spacial score (nSPS) is 28.8. The average Bonchev–Trinajstić information content (AvgIpc) is 3.35. The van der Waals surface area contributed by atoms with Gasteiger partial charge in [0.1, 0.15) is 24.6 Å². The lowest BCUT2D eigenvalue weighted by Gasteiger charge is -2.27. The van der Waals surface area contributed by atoms with Gasteiger partial charge in [-0.25, -0.2) is 19.5 Å². The molecule has 182 valence electrons. The van der Waals surface area contributed by atoms with Crippen molar-refractivity contribution in [3.8, 4) is 0 Å². The molecule has 3 aromatic rings. The van der Waals surface area contributed by atoms with Crippen molar-refractivity contribution in [2.45, 2.75) is 55.2 Å². The van der Waals surface area contributed by atoms with Crippen molar-refractivity contribution in [1.82, 2.24) is 19.5 Å². The van der Waals surface area contributed by atoms with Gasteiger partial charge in [-0.1, -0.05) is 55.4 Å². The minimum absolute atomic E-state index is 0.163. The molecule has 3 N–H and O–H groups in total. The third-order valence-electron chi connectivity index (χ3n) is 5.70. The van der Waals surface area contributed by atoms with Crippen molar-refractivity contribution < 1.29 is 28.3 Å². The first-order chi connectivity index (χ1) is 16.5. The molecule has 2 aliphatic rings. The number of nitrogens with one attached hydrogen (secondary N) is 1. The highest BCUT2D eigenvalue weighted by Gasteiger charge is 2.53. The van der Waals surface area contributed by atoms with E-state index in [2.05, 4.69) is 22.2 Å². The van der Waals surface area contributed by atoms with Crippen molar-refractivity contribution in [3.63, 3.8) is 0 Å². The summed E-state index contributed by atoms with van der Waals surface area (Å²) in [7, 11) is -4.24. The van der Waals surface area contributed by atoms with Gasteiger partial charge in [-0.2, -0.15) is 0 Å². The molecule has 0 aliphatic carbocycles. The van der Waals surface area contributed by atoms with Crippen LogP contribution in [0, 0.1) is 0 Å². The first kappa shape index (κ1) is 23.7. The number of imidazole rings is 1. The number of anilines is 1. The molecule has 5 rings (SSSR count). The maximum absolute atomic E-state index is 11.9. The smallest absolute Gasteiger partial charge is 0.386 e. The van der Waals surface area contributed by atoms with Crippen LogP contribution in [0.5, 0.6) is 0 Å². The monoisotopic (exact) mass is 507 g/mol. The van der Waals surface area contributed by atoms with Crippen LogP contribution in [0.4, 0.5) is 5.82 Å². The molecule has 0 spiro atoms. The highest BCUT2D eigenvalue weighted by atomic mass is 32.2. The second kappa shape index (κ2) is 9.90. The summed E-state index contributed by atoms with van der Waals surface area (Å²) in [6.07, 6.45) is -0.418. The molecule has 11 nitrogen and oxygen atoms in total. The molecule has 0 radical (unpaired) electrons. The Hall–Kier alpha value is -2.05. The Balaban J connectivity index is 1.52. The standard InChI is InChI=1S/C21H26N5O6PS/c1-2-3-9-22-18-15-19(24-12-23-18)26(21(25-15)34-11-13-7-5-4-6-8-13)20-16(27)17-14(31-20)10-30-33(28,29)32-17/h4-8,12,14,16-17,20,27H,2-3,9-11H2,1H3,(H,28,29)(H,22,23,24). The van der Waals surface area contributed by atoms with Crippen LogP contribution in [0.25, 0.3) is 11.2 Å². The van der Waals surface area contributed by atoms with Crippen molar-refractivity contribution in [1.29, 1.82) is 0 Å². The Kier molecular flexibility index (Phi) is 6.90. The molecular weight excluding hydrogens is 481 g/mol. The summed E-state index contributed by atoms with van der Waals surface area (Å²) >= 11 is 1.47. The van der Waals surface area contributed by atoms with Crippen LogP contribution in [-0.4, -0.2) is 61.0 Å². The first-order valence-corrected chi connectivity index (χ1v) is 13.6. The lowest BCUT2D eigenvalue weighted by molar-refractivity contribution is -0.0684. The predicted molar refractivity (Wildman–Crippen MR) is 125 cm³/mol. The zero-order chi connectivity index (χ0) is 23.7. The number of aliphatic hydroxyl groups excluding tert-OH is 1.